The Balaban J connectivity index is 1.90. The van der Waals surface area contributed by atoms with Crippen LogP contribution in [-0.4, -0.2) is 4.98 Å². The third-order valence-electron chi connectivity index (χ3n) is 2.55. The Bertz CT molecular complexity index is 504. The molecule has 0 fully saturated rings. The van der Waals surface area contributed by atoms with Crippen LogP contribution >= 0.6 is 0 Å². The summed E-state index contributed by atoms with van der Waals surface area (Å²) >= 11 is 0. The van der Waals surface area contributed by atoms with Crippen molar-refractivity contribution < 1.29 is 8.78 Å². The molecule has 1 heterocycles. The van der Waals surface area contributed by atoms with Gasteiger partial charge in [-0.05, 0) is 36.2 Å². The number of hydrogen-bond acceptors (Lipinski definition) is 2. The van der Waals surface area contributed by atoms with Crippen molar-refractivity contribution in [3.63, 3.8) is 0 Å². The Kier molecular flexibility index (Phi) is 3.99. The van der Waals surface area contributed by atoms with Gasteiger partial charge in [0.15, 0.2) is 0 Å². The fraction of sp³-hybridized carbons (Fsp3) is 0.214. The number of pyridine rings is 1. The zero-order valence-corrected chi connectivity index (χ0v) is 10.1. The van der Waals surface area contributed by atoms with Gasteiger partial charge in [-0.25, -0.2) is 8.78 Å². The first-order chi connectivity index (χ1) is 8.63. The summed E-state index contributed by atoms with van der Waals surface area (Å²) in [6.07, 6.45) is 1.79. The van der Waals surface area contributed by atoms with Gasteiger partial charge in [0.05, 0.1) is 0 Å². The summed E-state index contributed by atoms with van der Waals surface area (Å²) in [5.41, 5.74) is 2.59. The summed E-state index contributed by atoms with van der Waals surface area (Å²) in [6.45, 7) is 2.96. The lowest BCUT2D eigenvalue weighted by atomic mass is 10.2. The van der Waals surface area contributed by atoms with Gasteiger partial charge in [0.1, 0.15) is 11.6 Å². The summed E-state index contributed by atoms with van der Waals surface area (Å²) < 4.78 is 25.9. The highest BCUT2D eigenvalue weighted by molar-refractivity contribution is 5.18. The zero-order chi connectivity index (χ0) is 13.0. The van der Waals surface area contributed by atoms with Gasteiger partial charge >= 0.3 is 0 Å². The maximum Gasteiger partial charge on any atom is 0.126 e. The molecule has 0 bridgehead atoms. The second-order valence-corrected chi connectivity index (χ2v) is 4.19. The van der Waals surface area contributed by atoms with Crippen LogP contribution in [0.3, 0.4) is 0 Å². The summed E-state index contributed by atoms with van der Waals surface area (Å²) in [5.74, 6) is -1.10. The quantitative estimate of drug-likeness (QED) is 0.899. The maximum atomic E-state index is 12.9. The molecule has 0 spiro atoms. The first-order valence-electron chi connectivity index (χ1n) is 5.71. The molecule has 0 aliphatic carbocycles. The molecule has 2 nitrogen and oxygen atoms in total. The van der Waals surface area contributed by atoms with Gasteiger partial charge in [0, 0.05) is 31.0 Å². The summed E-state index contributed by atoms with van der Waals surface area (Å²) in [6, 6.07) is 7.42. The van der Waals surface area contributed by atoms with Gasteiger partial charge in [-0.3, -0.25) is 4.98 Å². The number of nitrogens with zero attached hydrogens (tertiary/aromatic N) is 1. The van der Waals surface area contributed by atoms with Crippen LogP contribution in [-0.2, 0) is 13.1 Å². The van der Waals surface area contributed by atoms with E-state index in [1.54, 1.807) is 6.20 Å². The first kappa shape index (κ1) is 12.6. The molecule has 0 atom stereocenters. The van der Waals surface area contributed by atoms with Gasteiger partial charge in [-0.2, -0.15) is 0 Å². The van der Waals surface area contributed by atoms with Crippen LogP contribution in [0.15, 0.2) is 36.5 Å². The van der Waals surface area contributed by atoms with E-state index in [1.165, 1.54) is 12.1 Å². The molecule has 0 amide bonds. The molecule has 1 aromatic carbocycles. The van der Waals surface area contributed by atoms with Crippen LogP contribution in [0.25, 0.3) is 0 Å². The van der Waals surface area contributed by atoms with E-state index in [9.17, 15) is 8.78 Å². The molecule has 1 N–H and O–H groups in total. The van der Waals surface area contributed by atoms with E-state index in [0.717, 1.165) is 17.3 Å². The van der Waals surface area contributed by atoms with Crippen molar-refractivity contribution in [2.24, 2.45) is 0 Å². The molecule has 0 saturated carbocycles. The van der Waals surface area contributed by atoms with Crippen LogP contribution in [0.4, 0.5) is 8.78 Å². The van der Waals surface area contributed by atoms with Gasteiger partial charge in [-0.1, -0.05) is 6.07 Å². The third-order valence-corrected chi connectivity index (χ3v) is 2.55. The normalized spacial score (nSPS) is 10.6. The van der Waals surface area contributed by atoms with E-state index in [2.05, 4.69) is 10.3 Å². The Labute approximate surface area is 105 Å². The molecular weight excluding hydrogens is 234 g/mol. The van der Waals surface area contributed by atoms with E-state index in [1.807, 2.05) is 19.1 Å². The lowest BCUT2D eigenvalue weighted by Gasteiger charge is -2.05. The van der Waals surface area contributed by atoms with Crippen LogP contribution in [0.1, 0.15) is 16.8 Å². The molecule has 0 radical (unpaired) electrons. The van der Waals surface area contributed by atoms with Gasteiger partial charge < -0.3 is 5.32 Å². The average molecular weight is 248 g/mol. The molecule has 0 unspecified atom stereocenters. The molecule has 0 saturated heterocycles. The molecule has 18 heavy (non-hydrogen) atoms. The number of halogens is 2. The van der Waals surface area contributed by atoms with E-state index >= 15 is 0 Å². The van der Waals surface area contributed by atoms with Crippen LogP contribution in [0.2, 0.25) is 0 Å². The molecule has 2 aromatic rings. The SMILES string of the molecule is Cc1ccc(CNCc2cc(F)cc(F)c2)cn1. The van der Waals surface area contributed by atoms with Gasteiger partial charge in [0.25, 0.3) is 0 Å². The minimum Gasteiger partial charge on any atom is -0.309 e. The number of hydrogen-bond donors (Lipinski definition) is 1. The van der Waals surface area contributed by atoms with Crippen molar-refractivity contribution in [2.75, 3.05) is 0 Å². The molecule has 0 aliphatic rings. The molecule has 94 valence electrons. The minimum absolute atomic E-state index is 0.419. The molecule has 2 rings (SSSR count). The molecule has 0 aliphatic heterocycles. The molecule has 4 heteroatoms. The highest BCUT2D eigenvalue weighted by Gasteiger charge is 2.00. The predicted octanol–water partition coefficient (Wildman–Crippen LogP) is 2.96. The third kappa shape index (κ3) is 3.60. The number of aromatic nitrogens is 1. The first-order valence-corrected chi connectivity index (χ1v) is 5.71. The Morgan fingerprint density at radius 2 is 1.67 bits per heavy atom. The fourth-order valence-corrected chi connectivity index (χ4v) is 1.67. The van der Waals surface area contributed by atoms with Crippen molar-refractivity contribution in [1.29, 1.82) is 0 Å². The fourth-order valence-electron chi connectivity index (χ4n) is 1.67. The van der Waals surface area contributed by atoms with E-state index in [4.69, 9.17) is 0 Å². The van der Waals surface area contributed by atoms with Crippen molar-refractivity contribution >= 4 is 0 Å². The average Bonchev–Trinajstić information content (AvgIpc) is 2.30. The van der Waals surface area contributed by atoms with Crippen molar-refractivity contribution in [2.45, 2.75) is 20.0 Å². The van der Waals surface area contributed by atoms with Gasteiger partial charge in [0.2, 0.25) is 0 Å². The largest absolute Gasteiger partial charge is 0.309 e. The lowest BCUT2D eigenvalue weighted by Crippen LogP contribution is -2.13. The van der Waals surface area contributed by atoms with Crippen LogP contribution in [0.5, 0.6) is 0 Å². The monoisotopic (exact) mass is 248 g/mol. The second kappa shape index (κ2) is 5.69. The Morgan fingerprint density at radius 1 is 1.00 bits per heavy atom. The smallest absolute Gasteiger partial charge is 0.126 e. The lowest BCUT2D eigenvalue weighted by molar-refractivity contribution is 0.575. The van der Waals surface area contributed by atoms with Crippen LogP contribution in [0, 0.1) is 18.6 Å². The maximum absolute atomic E-state index is 12.9. The summed E-state index contributed by atoms with van der Waals surface area (Å²) in [5, 5.41) is 3.12. The standard InChI is InChI=1S/C14H14F2N2/c1-10-2-3-11(9-18-10)7-17-8-12-4-13(15)6-14(16)5-12/h2-6,9,17H,7-8H2,1H3. The Hall–Kier alpha value is -1.81. The van der Waals surface area contributed by atoms with Crippen molar-refractivity contribution in [3.8, 4) is 0 Å². The predicted molar refractivity (Wildman–Crippen MR) is 65.9 cm³/mol. The topological polar surface area (TPSA) is 24.9 Å². The number of rotatable bonds is 4. The van der Waals surface area contributed by atoms with Crippen LogP contribution < -0.4 is 5.32 Å². The van der Waals surface area contributed by atoms with Crippen molar-refractivity contribution in [1.82, 2.24) is 10.3 Å². The van der Waals surface area contributed by atoms with E-state index in [-0.39, 0.29) is 0 Å². The number of nitrogens with one attached hydrogen (secondary N) is 1. The molecular formula is C14H14F2N2. The van der Waals surface area contributed by atoms with Gasteiger partial charge in [-0.15, -0.1) is 0 Å². The summed E-state index contributed by atoms with van der Waals surface area (Å²) in [4.78, 5) is 4.17. The summed E-state index contributed by atoms with van der Waals surface area (Å²) in [7, 11) is 0. The molecule has 1 aromatic heterocycles. The Morgan fingerprint density at radius 3 is 2.28 bits per heavy atom. The zero-order valence-electron chi connectivity index (χ0n) is 10.1. The van der Waals surface area contributed by atoms with Crippen molar-refractivity contribution in [3.05, 3.63) is 65.0 Å². The second-order valence-electron chi connectivity index (χ2n) is 4.19. The number of benzene rings is 1. The van der Waals surface area contributed by atoms with E-state index < -0.39 is 11.6 Å². The number of aryl methyl sites for hydroxylation is 1. The minimum atomic E-state index is -0.552. The van der Waals surface area contributed by atoms with E-state index in [0.29, 0.717) is 18.7 Å². The highest BCUT2D eigenvalue weighted by atomic mass is 19.1. The highest BCUT2D eigenvalue weighted by Crippen LogP contribution is 2.08.